The molecule has 0 spiro atoms. The van der Waals surface area contributed by atoms with Crippen LogP contribution < -0.4 is 28.4 Å². The Kier molecular flexibility index (Phi) is 8.69. The highest BCUT2D eigenvalue weighted by Crippen LogP contribution is 2.33. The molecule has 0 aliphatic heterocycles. The van der Waals surface area contributed by atoms with E-state index in [1.165, 1.54) is 0 Å². The Morgan fingerprint density at radius 3 is 0.750 bits per heavy atom. The van der Waals surface area contributed by atoms with Crippen molar-refractivity contribution < 1.29 is 28.4 Å². The maximum absolute atomic E-state index is 6.11. The molecule has 0 bridgehead atoms. The lowest BCUT2D eigenvalue weighted by atomic mass is 10.3. The largest absolute Gasteiger partial charge is 0.494 e. The van der Waals surface area contributed by atoms with Gasteiger partial charge in [0.05, 0.1) is 13.2 Å². The summed E-state index contributed by atoms with van der Waals surface area (Å²) in [6, 6.07) is 37.5. The Balaban J connectivity index is 1.24. The average Bonchev–Trinajstić information content (AvgIpc) is 2.95. The van der Waals surface area contributed by atoms with E-state index in [2.05, 4.69) is 0 Å². The zero-order valence-corrected chi connectivity index (χ0v) is 22.4. The smallest absolute Gasteiger partial charge is 0.131 e. The summed E-state index contributed by atoms with van der Waals surface area (Å²) in [4.78, 5) is 0. The summed E-state index contributed by atoms with van der Waals surface area (Å²) in [7, 11) is 0. The Hall–Kier alpha value is -5.10. The molecule has 5 aromatic rings. The molecule has 5 aromatic carbocycles. The predicted molar refractivity (Wildman–Crippen MR) is 155 cm³/mol. The van der Waals surface area contributed by atoms with Gasteiger partial charge in [0, 0.05) is 30.3 Å². The summed E-state index contributed by atoms with van der Waals surface area (Å²) in [6.07, 6.45) is 0. The molecule has 40 heavy (non-hydrogen) atoms. The van der Waals surface area contributed by atoms with E-state index >= 15 is 0 Å². The van der Waals surface area contributed by atoms with Gasteiger partial charge in [-0.25, -0.2) is 0 Å². The van der Waals surface area contributed by atoms with Gasteiger partial charge in [-0.05, 0) is 74.5 Å². The van der Waals surface area contributed by atoms with Crippen LogP contribution in [0.15, 0.2) is 121 Å². The molecule has 0 fully saturated rings. The second-order valence-electron chi connectivity index (χ2n) is 8.65. The van der Waals surface area contributed by atoms with Crippen LogP contribution in [0.4, 0.5) is 0 Å². The molecule has 0 aliphatic carbocycles. The SMILES string of the molecule is CCOc1cccc(Oc2cccc(Oc3cccc(Oc4cccc(Oc5cccc(OCC)c5)c4)c3)c2)c1. The van der Waals surface area contributed by atoms with Gasteiger partial charge in [0.15, 0.2) is 0 Å². The number of hydrogen-bond acceptors (Lipinski definition) is 6. The third-order valence-corrected chi connectivity index (χ3v) is 5.59. The van der Waals surface area contributed by atoms with Crippen molar-refractivity contribution in [3.05, 3.63) is 121 Å². The summed E-state index contributed by atoms with van der Waals surface area (Å²) < 4.78 is 35.4. The molecule has 0 heterocycles. The van der Waals surface area contributed by atoms with Gasteiger partial charge in [0.1, 0.15) is 57.5 Å². The molecule has 0 amide bonds. The molecular formula is C34H30O6. The Morgan fingerprint density at radius 1 is 0.325 bits per heavy atom. The molecule has 5 rings (SSSR count). The Morgan fingerprint density at radius 2 is 0.525 bits per heavy atom. The van der Waals surface area contributed by atoms with Crippen molar-refractivity contribution in [2.45, 2.75) is 13.8 Å². The maximum atomic E-state index is 6.11. The topological polar surface area (TPSA) is 55.4 Å². The van der Waals surface area contributed by atoms with E-state index in [1.807, 2.05) is 135 Å². The number of hydrogen-bond donors (Lipinski definition) is 0. The fourth-order valence-corrected chi connectivity index (χ4v) is 3.94. The zero-order valence-electron chi connectivity index (χ0n) is 22.4. The van der Waals surface area contributed by atoms with E-state index in [-0.39, 0.29) is 0 Å². The zero-order chi connectivity index (χ0) is 27.6. The summed E-state index contributed by atoms with van der Waals surface area (Å²) >= 11 is 0. The van der Waals surface area contributed by atoms with E-state index in [4.69, 9.17) is 28.4 Å². The second-order valence-corrected chi connectivity index (χ2v) is 8.65. The molecule has 0 unspecified atom stereocenters. The molecule has 202 valence electrons. The third kappa shape index (κ3) is 7.48. The summed E-state index contributed by atoms with van der Waals surface area (Å²) in [6.45, 7) is 5.09. The first-order chi connectivity index (χ1) is 19.7. The summed E-state index contributed by atoms with van der Waals surface area (Å²) in [5, 5.41) is 0. The highest BCUT2D eigenvalue weighted by molar-refractivity contribution is 5.44. The minimum Gasteiger partial charge on any atom is -0.494 e. The van der Waals surface area contributed by atoms with Gasteiger partial charge in [-0.15, -0.1) is 0 Å². The van der Waals surface area contributed by atoms with Crippen LogP contribution in [0, 0.1) is 0 Å². The van der Waals surface area contributed by atoms with E-state index < -0.39 is 0 Å². The van der Waals surface area contributed by atoms with Crippen LogP contribution in [-0.2, 0) is 0 Å². The minimum absolute atomic E-state index is 0.595. The summed E-state index contributed by atoms with van der Waals surface area (Å²) in [5.74, 6) is 6.75. The average molecular weight is 535 g/mol. The number of rotatable bonds is 12. The molecule has 0 aliphatic rings. The van der Waals surface area contributed by atoms with Crippen molar-refractivity contribution in [3.63, 3.8) is 0 Å². The molecular weight excluding hydrogens is 504 g/mol. The maximum Gasteiger partial charge on any atom is 0.131 e. The molecule has 6 heteroatoms. The molecule has 0 saturated carbocycles. The van der Waals surface area contributed by atoms with E-state index in [9.17, 15) is 0 Å². The van der Waals surface area contributed by atoms with Crippen LogP contribution in [0.1, 0.15) is 13.8 Å². The fourth-order valence-electron chi connectivity index (χ4n) is 3.94. The van der Waals surface area contributed by atoms with Gasteiger partial charge >= 0.3 is 0 Å². The quantitative estimate of drug-likeness (QED) is 0.159. The molecule has 0 radical (unpaired) electrons. The predicted octanol–water partition coefficient (Wildman–Crippen LogP) is 9.65. The van der Waals surface area contributed by atoms with Gasteiger partial charge in [0.25, 0.3) is 0 Å². The molecule has 0 N–H and O–H groups in total. The highest BCUT2D eigenvalue weighted by Gasteiger charge is 2.07. The first kappa shape index (κ1) is 26.5. The summed E-state index contributed by atoms with van der Waals surface area (Å²) in [5.41, 5.74) is 0. The third-order valence-electron chi connectivity index (χ3n) is 5.59. The van der Waals surface area contributed by atoms with Crippen LogP contribution in [0.3, 0.4) is 0 Å². The van der Waals surface area contributed by atoms with E-state index in [0.29, 0.717) is 59.2 Å². The van der Waals surface area contributed by atoms with Crippen molar-refractivity contribution >= 4 is 0 Å². The van der Waals surface area contributed by atoms with Crippen LogP contribution in [0.25, 0.3) is 0 Å². The monoisotopic (exact) mass is 534 g/mol. The Labute approximate surface area is 234 Å². The normalized spacial score (nSPS) is 10.4. The fraction of sp³-hybridized carbons (Fsp3) is 0.118. The number of benzene rings is 5. The van der Waals surface area contributed by atoms with Crippen molar-refractivity contribution in [1.82, 2.24) is 0 Å². The lowest BCUT2D eigenvalue weighted by Crippen LogP contribution is -1.92. The van der Waals surface area contributed by atoms with Crippen LogP contribution in [0.5, 0.6) is 57.5 Å². The van der Waals surface area contributed by atoms with Crippen LogP contribution >= 0.6 is 0 Å². The van der Waals surface area contributed by atoms with Gasteiger partial charge in [-0.3, -0.25) is 0 Å². The molecule has 0 aromatic heterocycles. The van der Waals surface area contributed by atoms with E-state index in [1.54, 1.807) is 0 Å². The van der Waals surface area contributed by atoms with Crippen molar-refractivity contribution in [2.24, 2.45) is 0 Å². The second kappa shape index (κ2) is 13.1. The van der Waals surface area contributed by atoms with Gasteiger partial charge in [-0.2, -0.15) is 0 Å². The highest BCUT2D eigenvalue weighted by atomic mass is 16.5. The van der Waals surface area contributed by atoms with E-state index in [0.717, 1.165) is 11.5 Å². The van der Waals surface area contributed by atoms with Gasteiger partial charge in [-0.1, -0.05) is 30.3 Å². The standard InChI is InChI=1S/C34H30O6/c1-3-35-25-10-5-12-27(20-25)37-29-14-7-16-31(22-29)39-33-18-9-19-34(24-33)40-32-17-8-15-30(23-32)38-28-13-6-11-26(21-28)36-4-2/h5-24H,3-4H2,1-2H3. The van der Waals surface area contributed by atoms with Crippen LogP contribution in [0.2, 0.25) is 0 Å². The van der Waals surface area contributed by atoms with Crippen molar-refractivity contribution in [1.29, 1.82) is 0 Å². The first-order valence-corrected chi connectivity index (χ1v) is 13.1. The van der Waals surface area contributed by atoms with Gasteiger partial charge in [0.2, 0.25) is 0 Å². The lowest BCUT2D eigenvalue weighted by molar-refractivity contribution is 0.338. The minimum atomic E-state index is 0.595. The van der Waals surface area contributed by atoms with Crippen molar-refractivity contribution in [2.75, 3.05) is 13.2 Å². The molecule has 6 nitrogen and oxygen atoms in total. The van der Waals surface area contributed by atoms with Gasteiger partial charge < -0.3 is 28.4 Å². The van der Waals surface area contributed by atoms with Crippen LogP contribution in [-0.4, -0.2) is 13.2 Å². The van der Waals surface area contributed by atoms with Crippen molar-refractivity contribution in [3.8, 4) is 57.5 Å². The Bertz CT molecular complexity index is 1440. The number of ether oxygens (including phenoxy) is 6. The lowest BCUT2D eigenvalue weighted by Gasteiger charge is -2.12. The molecule has 0 atom stereocenters. The molecule has 0 saturated heterocycles. The first-order valence-electron chi connectivity index (χ1n) is 13.1.